The number of nitrogens with zero attached hydrogens (tertiary/aromatic N) is 1. The van der Waals surface area contributed by atoms with Gasteiger partial charge in [-0.05, 0) is 60.7 Å². The molecule has 0 spiro atoms. The molecule has 0 aliphatic carbocycles. The van der Waals surface area contributed by atoms with Gasteiger partial charge < -0.3 is 5.32 Å². The highest BCUT2D eigenvalue weighted by Crippen LogP contribution is 2.35. The first-order valence-electron chi connectivity index (χ1n) is 8.85. The fourth-order valence-electron chi connectivity index (χ4n) is 2.70. The van der Waals surface area contributed by atoms with E-state index in [1.54, 1.807) is 0 Å². The monoisotopic (exact) mass is 466 g/mol. The molecule has 3 nitrogen and oxygen atoms in total. The lowest BCUT2D eigenvalue weighted by atomic mass is 10.1. The van der Waals surface area contributed by atoms with Crippen LogP contribution in [0.5, 0.6) is 0 Å². The second kappa shape index (κ2) is 8.96. The fourth-order valence-corrected chi connectivity index (χ4v) is 3.58. The quantitative estimate of drug-likeness (QED) is 0.421. The Morgan fingerprint density at radius 3 is 2.12 bits per heavy atom. The van der Waals surface area contributed by atoms with Crippen molar-refractivity contribution in [3.63, 3.8) is 0 Å². The van der Waals surface area contributed by atoms with Crippen LogP contribution in [0.1, 0.15) is 27.0 Å². The maximum atomic E-state index is 13.1. The third kappa shape index (κ3) is 5.62. The summed E-state index contributed by atoms with van der Waals surface area (Å²) in [6.07, 6.45) is -9.22. The number of halogens is 6. The largest absolute Gasteiger partial charge is 0.417 e. The van der Waals surface area contributed by atoms with E-state index in [2.05, 4.69) is 5.32 Å². The molecule has 32 heavy (non-hydrogen) atoms. The molecule has 10 heteroatoms. The van der Waals surface area contributed by atoms with Crippen molar-refractivity contribution in [2.24, 2.45) is 0 Å². The molecule has 0 atom stereocenters. The summed E-state index contributed by atoms with van der Waals surface area (Å²) in [5.41, 5.74) is -2.50. The van der Waals surface area contributed by atoms with Gasteiger partial charge in [0.15, 0.2) is 0 Å². The van der Waals surface area contributed by atoms with Crippen LogP contribution in [-0.2, 0) is 12.4 Å². The van der Waals surface area contributed by atoms with Gasteiger partial charge in [-0.3, -0.25) is 4.79 Å². The Balaban J connectivity index is 1.73. The van der Waals surface area contributed by atoms with Gasteiger partial charge in [0.25, 0.3) is 5.91 Å². The highest BCUT2D eigenvalue weighted by atomic mass is 32.2. The summed E-state index contributed by atoms with van der Waals surface area (Å²) in [4.78, 5) is 13.3. The van der Waals surface area contributed by atoms with Crippen molar-refractivity contribution < 1.29 is 31.1 Å². The van der Waals surface area contributed by atoms with Crippen LogP contribution >= 0.6 is 11.8 Å². The minimum absolute atomic E-state index is 0.135. The molecule has 0 aliphatic rings. The van der Waals surface area contributed by atoms with Crippen molar-refractivity contribution >= 4 is 23.4 Å². The third-order valence-electron chi connectivity index (χ3n) is 4.22. The summed E-state index contributed by atoms with van der Waals surface area (Å²) < 4.78 is 77.7. The molecule has 0 heterocycles. The van der Waals surface area contributed by atoms with Crippen LogP contribution in [0.15, 0.2) is 76.5 Å². The molecule has 0 aliphatic heterocycles. The summed E-state index contributed by atoms with van der Waals surface area (Å²) in [7, 11) is 0. The highest BCUT2D eigenvalue weighted by molar-refractivity contribution is 7.99. The molecular weight excluding hydrogens is 454 g/mol. The molecule has 0 fully saturated rings. The van der Waals surface area contributed by atoms with E-state index in [4.69, 9.17) is 5.26 Å². The molecule has 3 aromatic rings. The molecule has 164 valence electrons. The first-order valence-corrected chi connectivity index (χ1v) is 9.67. The zero-order chi connectivity index (χ0) is 23.5. The van der Waals surface area contributed by atoms with Crippen LogP contribution in [0, 0.1) is 11.3 Å². The summed E-state index contributed by atoms with van der Waals surface area (Å²) >= 11 is 1.06. The van der Waals surface area contributed by atoms with Crippen LogP contribution in [0.4, 0.5) is 32.0 Å². The van der Waals surface area contributed by atoms with Gasteiger partial charge in [0.1, 0.15) is 0 Å². The van der Waals surface area contributed by atoms with Crippen molar-refractivity contribution in [2.45, 2.75) is 22.1 Å². The molecule has 0 saturated carbocycles. The van der Waals surface area contributed by atoms with Crippen LogP contribution in [-0.4, -0.2) is 5.91 Å². The molecule has 0 unspecified atom stereocenters. The van der Waals surface area contributed by atoms with Crippen LogP contribution in [0.25, 0.3) is 0 Å². The number of hydrogen-bond acceptors (Lipinski definition) is 3. The standard InChI is InChI=1S/C22H12F6N2OS/c23-21(24,25)15-2-1-3-18(10-15)32-17-8-5-13(6-9-17)20(31)30-16-7-4-14(12-29)19(11-16)22(26,27)28/h1-11H,(H,30,31). The molecule has 0 bridgehead atoms. The normalized spacial score (nSPS) is 11.7. The summed E-state index contributed by atoms with van der Waals surface area (Å²) in [6, 6.07) is 14.9. The molecule has 1 amide bonds. The van der Waals surface area contributed by atoms with Gasteiger partial charge in [0, 0.05) is 21.0 Å². The van der Waals surface area contributed by atoms with Crippen molar-refractivity contribution in [1.29, 1.82) is 5.26 Å². The van der Waals surface area contributed by atoms with E-state index >= 15 is 0 Å². The van der Waals surface area contributed by atoms with Crippen molar-refractivity contribution in [3.05, 3.63) is 89.0 Å². The average Bonchev–Trinajstić information content (AvgIpc) is 2.73. The van der Waals surface area contributed by atoms with E-state index in [0.29, 0.717) is 15.9 Å². The second-order valence-electron chi connectivity index (χ2n) is 6.48. The lowest BCUT2D eigenvalue weighted by Crippen LogP contribution is -2.14. The number of alkyl halides is 6. The number of rotatable bonds is 4. The minimum Gasteiger partial charge on any atom is -0.322 e. The Kier molecular flexibility index (Phi) is 6.50. The second-order valence-corrected chi connectivity index (χ2v) is 7.62. The van der Waals surface area contributed by atoms with Crippen molar-refractivity contribution in [3.8, 4) is 6.07 Å². The summed E-state index contributed by atoms with van der Waals surface area (Å²) in [5, 5.41) is 11.2. The number of carbonyl (C=O) groups is 1. The zero-order valence-corrected chi connectivity index (χ0v) is 16.7. The molecule has 0 aromatic heterocycles. The summed E-state index contributed by atoms with van der Waals surface area (Å²) in [5.74, 6) is -0.682. The molecule has 0 radical (unpaired) electrons. The Morgan fingerprint density at radius 2 is 1.53 bits per heavy atom. The van der Waals surface area contributed by atoms with Gasteiger partial charge in [-0.2, -0.15) is 31.6 Å². The Bertz CT molecular complexity index is 1180. The highest BCUT2D eigenvalue weighted by Gasteiger charge is 2.34. The zero-order valence-electron chi connectivity index (χ0n) is 15.9. The van der Waals surface area contributed by atoms with Crippen molar-refractivity contribution in [2.75, 3.05) is 5.32 Å². The Morgan fingerprint density at radius 1 is 0.844 bits per heavy atom. The van der Waals surface area contributed by atoms with Crippen LogP contribution < -0.4 is 5.32 Å². The predicted molar refractivity (Wildman–Crippen MR) is 106 cm³/mol. The fraction of sp³-hybridized carbons (Fsp3) is 0.0909. The molecule has 1 N–H and O–H groups in total. The van der Waals surface area contributed by atoms with Gasteiger partial charge in [0.05, 0.1) is 22.8 Å². The first kappa shape index (κ1) is 23.2. The van der Waals surface area contributed by atoms with Crippen molar-refractivity contribution in [1.82, 2.24) is 0 Å². The topological polar surface area (TPSA) is 52.9 Å². The van der Waals surface area contributed by atoms with E-state index in [1.165, 1.54) is 48.5 Å². The van der Waals surface area contributed by atoms with Crippen LogP contribution in [0.3, 0.4) is 0 Å². The molecular formula is C22H12F6N2OS. The SMILES string of the molecule is N#Cc1ccc(NC(=O)c2ccc(Sc3cccc(C(F)(F)F)c3)cc2)cc1C(F)(F)F. The number of hydrogen-bond donors (Lipinski definition) is 1. The first-order chi connectivity index (χ1) is 15.0. The lowest BCUT2D eigenvalue weighted by Gasteiger charge is -2.12. The van der Waals surface area contributed by atoms with Gasteiger partial charge in [0.2, 0.25) is 0 Å². The number of benzene rings is 3. The van der Waals surface area contributed by atoms with E-state index in [-0.39, 0.29) is 11.3 Å². The van der Waals surface area contributed by atoms with Gasteiger partial charge >= 0.3 is 12.4 Å². The maximum Gasteiger partial charge on any atom is 0.417 e. The third-order valence-corrected chi connectivity index (χ3v) is 5.21. The van der Waals surface area contributed by atoms with Gasteiger partial charge in [-0.15, -0.1) is 0 Å². The van der Waals surface area contributed by atoms with E-state index in [1.807, 2.05) is 0 Å². The van der Waals surface area contributed by atoms with E-state index < -0.39 is 35.0 Å². The summed E-state index contributed by atoms with van der Waals surface area (Å²) in [6.45, 7) is 0. The molecule has 3 rings (SSSR count). The number of amides is 1. The number of nitriles is 1. The minimum atomic E-state index is -4.76. The number of carbonyl (C=O) groups excluding carboxylic acids is 1. The molecule has 3 aromatic carbocycles. The Hall–Kier alpha value is -3.45. The van der Waals surface area contributed by atoms with E-state index in [9.17, 15) is 31.1 Å². The van der Waals surface area contributed by atoms with Crippen LogP contribution in [0.2, 0.25) is 0 Å². The predicted octanol–water partition coefficient (Wildman–Crippen LogP) is 7.00. The lowest BCUT2D eigenvalue weighted by molar-refractivity contribution is -0.138. The Labute approximate surface area is 182 Å². The molecule has 0 saturated heterocycles. The average molecular weight is 466 g/mol. The number of anilines is 1. The number of nitrogens with one attached hydrogen (secondary N) is 1. The van der Waals surface area contributed by atoms with Gasteiger partial charge in [-0.1, -0.05) is 17.8 Å². The van der Waals surface area contributed by atoms with E-state index in [0.717, 1.165) is 30.0 Å². The maximum absolute atomic E-state index is 13.1. The smallest absolute Gasteiger partial charge is 0.322 e. The van der Waals surface area contributed by atoms with Gasteiger partial charge in [-0.25, -0.2) is 0 Å².